The van der Waals surface area contributed by atoms with Gasteiger partial charge in [0.1, 0.15) is 10.7 Å². The lowest BCUT2D eigenvalue weighted by atomic mass is 10.2. The van der Waals surface area contributed by atoms with Gasteiger partial charge in [0, 0.05) is 16.3 Å². The first-order valence-corrected chi connectivity index (χ1v) is 9.93. The molecule has 0 radical (unpaired) electrons. The van der Waals surface area contributed by atoms with Crippen LogP contribution >= 0.6 is 11.3 Å². The summed E-state index contributed by atoms with van der Waals surface area (Å²) in [5, 5.41) is 3.65. The Hall–Kier alpha value is -3.58. The molecular weight excluding hydrogens is 384 g/mol. The highest BCUT2D eigenvalue weighted by Gasteiger charge is 2.12. The Kier molecular flexibility index (Phi) is 5.31. The van der Waals surface area contributed by atoms with Crippen molar-refractivity contribution in [3.05, 3.63) is 83.0 Å². The number of nitrogens with one attached hydrogen (secondary N) is 2. The van der Waals surface area contributed by atoms with Gasteiger partial charge < -0.3 is 0 Å². The van der Waals surface area contributed by atoms with Crippen LogP contribution < -0.4 is 10.9 Å². The molecule has 0 saturated carbocycles. The Balaban J connectivity index is 1.35. The standard InChI is InChI=1S/C22H18N4O2S/c1-14-6-8-16(9-7-14)22-23-17(13-29-22)12-20(27)25-26-21(28)19-11-10-15-4-2-3-5-18(15)24-19/h2-11,13H,12H2,1H3,(H,25,27)(H,26,28). The minimum absolute atomic E-state index is 0.0772. The van der Waals surface area contributed by atoms with E-state index in [1.807, 2.05) is 66.9 Å². The first-order valence-electron chi connectivity index (χ1n) is 9.05. The average molecular weight is 402 g/mol. The van der Waals surface area contributed by atoms with Crippen molar-refractivity contribution >= 4 is 34.1 Å². The van der Waals surface area contributed by atoms with Crippen molar-refractivity contribution in [2.24, 2.45) is 0 Å². The summed E-state index contributed by atoms with van der Waals surface area (Å²) in [5.41, 5.74) is 8.63. The van der Waals surface area contributed by atoms with Gasteiger partial charge in [0.15, 0.2) is 0 Å². The molecule has 0 unspecified atom stereocenters. The number of hydrogen-bond acceptors (Lipinski definition) is 5. The zero-order valence-electron chi connectivity index (χ0n) is 15.7. The lowest BCUT2D eigenvalue weighted by molar-refractivity contribution is -0.121. The summed E-state index contributed by atoms with van der Waals surface area (Å²) in [6.45, 7) is 2.03. The number of carbonyl (C=O) groups excluding carboxylic acids is 2. The van der Waals surface area contributed by atoms with Crippen LogP contribution in [-0.2, 0) is 11.2 Å². The number of pyridine rings is 1. The van der Waals surface area contributed by atoms with Crippen LogP contribution in [0.15, 0.2) is 66.0 Å². The number of carbonyl (C=O) groups is 2. The summed E-state index contributed by atoms with van der Waals surface area (Å²) >= 11 is 1.48. The molecule has 0 atom stereocenters. The molecule has 0 aliphatic carbocycles. The van der Waals surface area contributed by atoms with Gasteiger partial charge in [-0.2, -0.15) is 0 Å². The van der Waals surface area contributed by atoms with E-state index in [9.17, 15) is 9.59 Å². The first kappa shape index (κ1) is 18.8. The molecule has 6 nitrogen and oxygen atoms in total. The number of amides is 2. The molecule has 2 N–H and O–H groups in total. The Morgan fingerprint density at radius 1 is 0.931 bits per heavy atom. The van der Waals surface area contributed by atoms with Crippen LogP contribution in [0.3, 0.4) is 0 Å². The molecule has 2 aromatic heterocycles. The number of hydrogen-bond donors (Lipinski definition) is 2. The van der Waals surface area contributed by atoms with Crippen LogP contribution in [0, 0.1) is 6.92 Å². The van der Waals surface area contributed by atoms with Gasteiger partial charge in [0.25, 0.3) is 5.91 Å². The van der Waals surface area contributed by atoms with Crippen molar-refractivity contribution < 1.29 is 9.59 Å². The molecule has 2 heterocycles. The normalized spacial score (nSPS) is 10.7. The second kappa shape index (κ2) is 8.20. The van der Waals surface area contributed by atoms with Gasteiger partial charge >= 0.3 is 0 Å². The van der Waals surface area contributed by atoms with E-state index in [2.05, 4.69) is 20.8 Å². The third-order valence-corrected chi connectivity index (χ3v) is 5.28. The van der Waals surface area contributed by atoms with Gasteiger partial charge in [0.2, 0.25) is 5.91 Å². The van der Waals surface area contributed by atoms with Crippen molar-refractivity contribution in [3.63, 3.8) is 0 Å². The van der Waals surface area contributed by atoms with Gasteiger partial charge in [-0.05, 0) is 19.1 Å². The van der Waals surface area contributed by atoms with E-state index in [0.717, 1.165) is 21.5 Å². The predicted octanol–water partition coefficient (Wildman–Crippen LogP) is 3.67. The van der Waals surface area contributed by atoms with Crippen LogP contribution in [0.1, 0.15) is 21.7 Å². The Labute approximate surface area is 171 Å². The fraction of sp³-hybridized carbons (Fsp3) is 0.0909. The molecule has 7 heteroatoms. The molecule has 0 aliphatic heterocycles. The third kappa shape index (κ3) is 4.47. The van der Waals surface area contributed by atoms with E-state index in [1.165, 1.54) is 16.9 Å². The van der Waals surface area contributed by atoms with Crippen LogP contribution in [0.5, 0.6) is 0 Å². The van der Waals surface area contributed by atoms with Crippen LogP contribution in [0.2, 0.25) is 0 Å². The molecule has 0 aliphatic rings. The molecule has 4 aromatic rings. The van der Waals surface area contributed by atoms with Crippen molar-refractivity contribution in [1.29, 1.82) is 0 Å². The molecule has 144 valence electrons. The number of thiazole rings is 1. The first-order chi connectivity index (χ1) is 14.1. The summed E-state index contributed by atoms with van der Waals surface area (Å²) in [6.07, 6.45) is 0.0772. The highest BCUT2D eigenvalue weighted by atomic mass is 32.1. The fourth-order valence-corrected chi connectivity index (χ4v) is 3.63. The monoisotopic (exact) mass is 402 g/mol. The summed E-state index contributed by atoms with van der Waals surface area (Å²) in [6, 6.07) is 19.0. The highest BCUT2D eigenvalue weighted by molar-refractivity contribution is 7.13. The minimum atomic E-state index is -0.470. The maximum Gasteiger partial charge on any atom is 0.288 e. The molecule has 2 amide bonds. The topological polar surface area (TPSA) is 84.0 Å². The van der Waals surface area contributed by atoms with Crippen LogP contribution in [0.25, 0.3) is 21.5 Å². The van der Waals surface area contributed by atoms with Crippen molar-refractivity contribution in [3.8, 4) is 10.6 Å². The largest absolute Gasteiger partial charge is 0.288 e. The Bertz CT molecular complexity index is 1180. The van der Waals surface area contributed by atoms with E-state index in [0.29, 0.717) is 5.69 Å². The molecule has 0 fully saturated rings. The quantitative estimate of drug-likeness (QED) is 0.510. The molecule has 0 bridgehead atoms. The number of benzene rings is 2. The smallest absolute Gasteiger partial charge is 0.273 e. The summed E-state index contributed by atoms with van der Waals surface area (Å²) in [5.74, 6) is -0.817. The SMILES string of the molecule is Cc1ccc(-c2nc(CC(=O)NNC(=O)c3ccc4ccccc4n3)cs2)cc1. The van der Waals surface area contributed by atoms with E-state index in [4.69, 9.17) is 0 Å². The summed E-state index contributed by atoms with van der Waals surface area (Å²) < 4.78 is 0. The number of para-hydroxylation sites is 1. The van der Waals surface area contributed by atoms with Crippen molar-refractivity contribution in [2.45, 2.75) is 13.3 Å². The molecule has 0 saturated heterocycles. The van der Waals surface area contributed by atoms with E-state index in [-0.39, 0.29) is 18.0 Å². The Morgan fingerprint density at radius 3 is 2.55 bits per heavy atom. The van der Waals surface area contributed by atoms with Gasteiger partial charge in [-0.15, -0.1) is 11.3 Å². The van der Waals surface area contributed by atoms with Crippen molar-refractivity contribution in [2.75, 3.05) is 0 Å². The highest BCUT2D eigenvalue weighted by Crippen LogP contribution is 2.24. The zero-order chi connectivity index (χ0) is 20.2. The van der Waals surface area contributed by atoms with Crippen LogP contribution in [0.4, 0.5) is 0 Å². The van der Waals surface area contributed by atoms with Gasteiger partial charge in [-0.3, -0.25) is 20.4 Å². The lowest BCUT2D eigenvalue weighted by Crippen LogP contribution is -2.42. The maximum atomic E-state index is 12.3. The predicted molar refractivity (Wildman–Crippen MR) is 113 cm³/mol. The number of rotatable bonds is 4. The Morgan fingerprint density at radius 2 is 1.72 bits per heavy atom. The third-order valence-electron chi connectivity index (χ3n) is 4.34. The molecule has 29 heavy (non-hydrogen) atoms. The van der Waals surface area contributed by atoms with E-state index < -0.39 is 5.91 Å². The lowest BCUT2D eigenvalue weighted by Gasteiger charge is -2.07. The van der Waals surface area contributed by atoms with Crippen molar-refractivity contribution in [1.82, 2.24) is 20.8 Å². The fourth-order valence-electron chi connectivity index (χ4n) is 2.81. The van der Waals surface area contributed by atoms with E-state index in [1.54, 1.807) is 6.07 Å². The number of aromatic nitrogens is 2. The second-order valence-corrected chi connectivity index (χ2v) is 7.44. The maximum absolute atomic E-state index is 12.3. The summed E-state index contributed by atoms with van der Waals surface area (Å²) in [7, 11) is 0. The van der Waals surface area contributed by atoms with Crippen LogP contribution in [-0.4, -0.2) is 21.8 Å². The van der Waals surface area contributed by atoms with Gasteiger partial charge in [-0.1, -0.05) is 54.1 Å². The molecular formula is C22H18N4O2S. The van der Waals surface area contributed by atoms with E-state index >= 15 is 0 Å². The van der Waals surface area contributed by atoms with Gasteiger partial charge in [-0.25, -0.2) is 9.97 Å². The average Bonchev–Trinajstić information content (AvgIpc) is 3.20. The zero-order valence-corrected chi connectivity index (χ0v) is 16.5. The minimum Gasteiger partial charge on any atom is -0.273 e. The molecule has 2 aromatic carbocycles. The number of hydrazine groups is 1. The number of fused-ring (bicyclic) bond motifs is 1. The van der Waals surface area contributed by atoms with Gasteiger partial charge in [0.05, 0.1) is 17.6 Å². The second-order valence-electron chi connectivity index (χ2n) is 6.58. The molecule has 0 spiro atoms. The number of nitrogens with zero attached hydrogens (tertiary/aromatic N) is 2. The summed E-state index contributed by atoms with van der Waals surface area (Å²) in [4.78, 5) is 33.2. The molecule has 4 rings (SSSR count). The number of aryl methyl sites for hydroxylation is 1.